The van der Waals surface area contributed by atoms with Crippen molar-refractivity contribution in [3.63, 3.8) is 0 Å². The van der Waals surface area contributed by atoms with E-state index in [0.29, 0.717) is 31.1 Å². The predicted molar refractivity (Wildman–Crippen MR) is 86.9 cm³/mol. The summed E-state index contributed by atoms with van der Waals surface area (Å²) in [6.45, 7) is 1.46. The molecule has 3 rings (SSSR count). The lowest BCUT2D eigenvalue weighted by Gasteiger charge is -2.22. The highest BCUT2D eigenvalue weighted by Gasteiger charge is 2.27. The molecular formula is C17H21N3O3. The Balaban J connectivity index is 1.66. The molecule has 23 heavy (non-hydrogen) atoms. The molecule has 122 valence electrons. The van der Waals surface area contributed by atoms with Gasteiger partial charge in [0.2, 0.25) is 5.95 Å². The maximum atomic E-state index is 10.4. The molecule has 0 aliphatic carbocycles. The van der Waals surface area contributed by atoms with E-state index < -0.39 is 6.10 Å². The van der Waals surface area contributed by atoms with E-state index in [9.17, 15) is 5.11 Å². The van der Waals surface area contributed by atoms with Gasteiger partial charge in [-0.15, -0.1) is 0 Å². The quantitative estimate of drug-likeness (QED) is 0.929. The Labute approximate surface area is 135 Å². The number of aliphatic hydroxyl groups excluding tert-OH is 1. The molecule has 0 unspecified atom stereocenters. The van der Waals surface area contributed by atoms with Crippen LogP contribution in [0.25, 0.3) is 0 Å². The summed E-state index contributed by atoms with van der Waals surface area (Å²) in [5.41, 5.74) is 0. The average Bonchev–Trinajstić information content (AvgIpc) is 2.78. The van der Waals surface area contributed by atoms with Crippen molar-refractivity contribution in [1.29, 1.82) is 0 Å². The Kier molecular flexibility index (Phi) is 4.92. The molecule has 1 aromatic heterocycles. The highest BCUT2D eigenvalue weighted by Crippen LogP contribution is 2.24. The van der Waals surface area contributed by atoms with Gasteiger partial charge in [0, 0.05) is 38.0 Å². The van der Waals surface area contributed by atoms with E-state index in [1.807, 2.05) is 24.3 Å². The first-order chi connectivity index (χ1) is 11.3. The van der Waals surface area contributed by atoms with E-state index in [-0.39, 0.29) is 6.10 Å². The van der Waals surface area contributed by atoms with Crippen molar-refractivity contribution < 1.29 is 14.6 Å². The first kappa shape index (κ1) is 15.6. The Hall–Kier alpha value is -2.34. The second-order valence-corrected chi connectivity index (χ2v) is 5.52. The molecule has 0 bridgehead atoms. The maximum Gasteiger partial charge on any atom is 0.225 e. The SMILES string of the molecule is COc1cccc(O[C@H]2CCN(c3ncccn3)CC[C@@H]2O)c1. The number of hydrogen-bond acceptors (Lipinski definition) is 6. The lowest BCUT2D eigenvalue weighted by atomic mass is 10.1. The van der Waals surface area contributed by atoms with Gasteiger partial charge in [0.05, 0.1) is 13.2 Å². The molecule has 1 aromatic carbocycles. The van der Waals surface area contributed by atoms with Crippen LogP contribution in [0.4, 0.5) is 5.95 Å². The van der Waals surface area contributed by atoms with Crippen LogP contribution in [0.5, 0.6) is 11.5 Å². The smallest absolute Gasteiger partial charge is 0.225 e. The van der Waals surface area contributed by atoms with Crippen LogP contribution in [0.1, 0.15) is 12.8 Å². The molecule has 2 aromatic rings. The summed E-state index contributed by atoms with van der Waals surface area (Å²) in [7, 11) is 1.62. The van der Waals surface area contributed by atoms with Crippen molar-refractivity contribution in [2.45, 2.75) is 25.0 Å². The van der Waals surface area contributed by atoms with Gasteiger partial charge in [0.15, 0.2) is 0 Å². The third-order valence-electron chi connectivity index (χ3n) is 3.97. The second kappa shape index (κ2) is 7.28. The van der Waals surface area contributed by atoms with Crippen molar-refractivity contribution in [3.8, 4) is 11.5 Å². The van der Waals surface area contributed by atoms with Gasteiger partial charge in [0.25, 0.3) is 0 Å². The number of aromatic nitrogens is 2. The fourth-order valence-corrected chi connectivity index (χ4v) is 2.70. The molecule has 0 radical (unpaired) electrons. The minimum absolute atomic E-state index is 0.254. The average molecular weight is 315 g/mol. The number of anilines is 1. The molecule has 0 spiro atoms. The molecule has 0 saturated carbocycles. The molecule has 1 fully saturated rings. The molecule has 1 saturated heterocycles. The van der Waals surface area contributed by atoms with E-state index in [0.717, 1.165) is 12.3 Å². The lowest BCUT2D eigenvalue weighted by Crippen LogP contribution is -2.31. The number of methoxy groups -OCH3 is 1. The first-order valence-corrected chi connectivity index (χ1v) is 7.77. The number of hydrogen-bond donors (Lipinski definition) is 1. The minimum atomic E-state index is -0.519. The topological polar surface area (TPSA) is 67.7 Å². The second-order valence-electron chi connectivity index (χ2n) is 5.52. The first-order valence-electron chi connectivity index (χ1n) is 7.77. The van der Waals surface area contributed by atoms with Gasteiger partial charge < -0.3 is 19.5 Å². The molecule has 1 aliphatic rings. The normalized spacial score (nSPS) is 21.6. The van der Waals surface area contributed by atoms with Crippen LogP contribution in [0.15, 0.2) is 42.7 Å². The van der Waals surface area contributed by atoms with Crippen LogP contribution >= 0.6 is 0 Å². The highest BCUT2D eigenvalue weighted by atomic mass is 16.5. The number of nitrogens with zero attached hydrogens (tertiary/aromatic N) is 3. The number of rotatable bonds is 4. The highest BCUT2D eigenvalue weighted by molar-refractivity contribution is 5.33. The summed E-state index contributed by atoms with van der Waals surface area (Å²) >= 11 is 0. The van der Waals surface area contributed by atoms with Gasteiger partial charge >= 0.3 is 0 Å². The fraction of sp³-hybridized carbons (Fsp3) is 0.412. The summed E-state index contributed by atoms with van der Waals surface area (Å²) in [5, 5.41) is 10.4. The molecule has 6 nitrogen and oxygen atoms in total. The van der Waals surface area contributed by atoms with E-state index in [4.69, 9.17) is 9.47 Å². The molecule has 1 N–H and O–H groups in total. The van der Waals surface area contributed by atoms with Gasteiger partial charge in [-0.3, -0.25) is 0 Å². The zero-order valence-corrected chi connectivity index (χ0v) is 13.1. The van der Waals surface area contributed by atoms with Gasteiger partial charge in [-0.2, -0.15) is 0 Å². The third kappa shape index (κ3) is 3.90. The summed E-state index contributed by atoms with van der Waals surface area (Å²) in [6.07, 6.45) is 4.01. The Bertz CT molecular complexity index is 623. The molecule has 6 heteroatoms. The van der Waals surface area contributed by atoms with Crippen LogP contribution < -0.4 is 14.4 Å². The number of aliphatic hydroxyl groups is 1. The Morgan fingerprint density at radius 3 is 2.61 bits per heavy atom. The van der Waals surface area contributed by atoms with E-state index in [1.54, 1.807) is 25.6 Å². The summed E-state index contributed by atoms with van der Waals surface area (Å²) in [5.74, 6) is 2.14. The summed E-state index contributed by atoms with van der Waals surface area (Å²) < 4.78 is 11.2. The molecule has 1 aliphatic heterocycles. The monoisotopic (exact) mass is 315 g/mol. The molecule has 2 atom stereocenters. The molecule has 2 heterocycles. The van der Waals surface area contributed by atoms with E-state index >= 15 is 0 Å². The zero-order valence-electron chi connectivity index (χ0n) is 13.1. The van der Waals surface area contributed by atoms with E-state index in [1.165, 1.54) is 0 Å². The van der Waals surface area contributed by atoms with Crippen LogP contribution in [-0.2, 0) is 0 Å². The van der Waals surface area contributed by atoms with Crippen LogP contribution in [0.3, 0.4) is 0 Å². The maximum absolute atomic E-state index is 10.4. The molecule has 0 amide bonds. The number of benzene rings is 1. The van der Waals surface area contributed by atoms with Gasteiger partial charge in [-0.05, 0) is 24.6 Å². The summed E-state index contributed by atoms with van der Waals surface area (Å²) in [4.78, 5) is 10.6. The Morgan fingerprint density at radius 1 is 1.09 bits per heavy atom. The zero-order chi connectivity index (χ0) is 16.1. The Morgan fingerprint density at radius 2 is 1.83 bits per heavy atom. The fourth-order valence-electron chi connectivity index (χ4n) is 2.70. The van der Waals surface area contributed by atoms with Crippen molar-refractivity contribution in [2.24, 2.45) is 0 Å². The largest absolute Gasteiger partial charge is 0.497 e. The van der Waals surface area contributed by atoms with Crippen molar-refractivity contribution >= 4 is 5.95 Å². The summed E-state index contributed by atoms with van der Waals surface area (Å²) in [6, 6.07) is 9.24. The van der Waals surface area contributed by atoms with Crippen molar-refractivity contribution in [1.82, 2.24) is 9.97 Å². The molecular weight excluding hydrogens is 294 g/mol. The van der Waals surface area contributed by atoms with Crippen LogP contribution in [-0.4, -0.2) is 47.5 Å². The lowest BCUT2D eigenvalue weighted by molar-refractivity contribution is 0.0349. The van der Waals surface area contributed by atoms with E-state index in [2.05, 4.69) is 14.9 Å². The van der Waals surface area contributed by atoms with Crippen molar-refractivity contribution in [3.05, 3.63) is 42.7 Å². The minimum Gasteiger partial charge on any atom is -0.497 e. The van der Waals surface area contributed by atoms with Crippen LogP contribution in [0, 0.1) is 0 Å². The van der Waals surface area contributed by atoms with Gasteiger partial charge in [-0.25, -0.2) is 9.97 Å². The standard InChI is InChI=1S/C17H21N3O3/c1-22-13-4-2-5-14(12-13)23-16-7-11-20(10-6-15(16)21)17-18-8-3-9-19-17/h2-5,8-9,12,15-16,21H,6-7,10-11H2,1H3/t15-,16-/m0/s1. The van der Waals surface area contributed by atoms with Gasteiger partial charge in [-0.1, -0.05) is 6.07 Å². The van der Waals surface area contributed by atoms with Gasteiger partial charge in [0.1, 0.15) is 17.6 Å². The third-order valence-corrected chi connectivity index (χ3v) is 3.97. The van der Waals surface area contributed by atoms with Crippen LogP contribution in [0.2, 0.25) is 0 Å². The van der Waals surface area contributed by atoms with Crippen molar-refractivity contribution in [2.75, 3.05) is 25.1 Å². The predicted octanol–water partition coefficient (Wildman–Crippen LogP) is 1.89. The number of ether oxygens (including phenoxy) is 2.